The van der Waals surface area contributed by atoms with Crippen LogP contribution >= 0.6 is 11.8 Å². The zero-order valence-corrected chi connectivity index (χ0v) is 6.57. The number of urea groups is 1. The maximum Gasteiger partial charge on any atom is 0.315 e. The molecule has 3 nitrogen and oxygen atoms in total. The van der Waals surface area contributed by atoms with Crippen LogP contribution in [0.5, 0.6) is 0 Å². The van der Waals surface area contributed by atoms with Crippen molar-refractivity contribution in [3.63, 3.8) is 0 Å². The van der Waals surface area contributed by atoms with Crippen molar-refractivity contribution in [3.8, 4) is 0 Å². The molecule has 0 spiro atoms. The summed E-state index contributed by atoms with van der Waals surface area (Å²) in [6, 6.07) is 0.757. The molecule has 4 heteroatoms. The van der Waals surface area contributed by atoms with E-state index < -0.39 is 0 Å². The normalized spacial score (nSPS) is 44.5. The Morgan fingerprint density at radius 2 is 2.40 bits per heavy atom. The summed E-state index contributed by atoms with van der Waals surface area (Å²) in [6.07, 6.45) is 0. The summed E-state index contributed by atoms with van der Waals surface area (Å²) in [5.41, 5.74) is 0. The highest BCUT2D eigenvalue weighted by molar-refractivity contribution is 8.00. The molecule has 0 aliphatic carbocycles. The molecule has 2 N–H and O–H groups in total. The van der Waals surface area contributed by atoms with Crippen LogP contribution in [-0.4, -0.2) is 29.1 Å². The van der Waals surface area contributed by atoms with E-state index in [2.05, 4.69) is 17.6 Å². The number of carbonyl (C=O) groups excluding carboxylic acids is 1. The smallest absolute Gasteiger partial charge is 0.315 e. The Balaban J connectivity index is 2.12. The van der Waals surface area contributed by atoms with Gasteiger partial charge in [0.25, 0.3) is 0 Å². The average Bonchev–Trinajstić information content (AvgIpc) is 2.35. The number of fused-ring (bicyclic) bond motifs is 1. The van der Waals surface area contributed by atoms with Crippen LogP contribution in [0.1, 0.15) is 6.92 Å². The topological polar surface area (TPSA) is 41.1 Å². The zero-order valence-electron chi connectivity index (χ0n) is 5.76. The van der Waals surface area contributed by atoms with Crippen molar-refractivity contribution >= 4 is 17.8 Å². The van der Waals surface area contributed by atoms with Crippen molar-refractivity contribution in [1.29, 1.82) is 0 Å². The fraction of sp³-hybridized carbons (Fsp3) is 0.833. The van der Waals surface area contributed by atoms with E-state index in [1.165, 1.54) is 0 Å². The largest absolute Gasteiger partial charge is 0.332 e. The van der Waals surface area contributed by atoms with Gasteiger partial charge in [0.1, 0.15) is 0 Å². The van der Waals surface area contributed by atoms with E-state index in [-0.39, 0.29) is 6.03 Å². The Bertz CT molecular complexity index is 173. The first-order valence-electron chi connectivity index (χ1n) is 3.46. The SMILES string of the molecule is CC1SC[C@@H]2NC(=O)N[C@H]12. The molecule has 10 heavy (non-hydrogen) atoms. The molecular weight excluding hydrogens is 148 g/mol. The maximum atomic E-state index is 10.8. The third-order valence-electron chi connectivity index (χ3n) is 2.09. The zero-order chi connectivity index (χ0) is 7.14. The Morgan fingerprint density at radius 1 is 1.60 bits per heavy atom. The highest BCUT2D eigenvalue weighted by atomic mass is 32.2. The Morgan fingerprint density at radius 3 is 3.10 bits per heavy atom. The number of thioether (sulfide) groups is 1. The number of hydrogen-bond donors (Lipinski definition) is 2. The van der Waals surface area contributed by atoms with Gasteiger partial charge in [-0.25, -0.2) is 4.79 Å². The van der Waals surface area contributed by atoms with E-state index in [9.17, 15) is 4.79 Å². The van der Waals surface area contributed by atoms with Crippen LogP contribution in [-0.2, 0) is 0 Å². The molecule has 1 unspecified atom stereocenters. The van der Waals surface area contributed by atoms with Crippen LogP contribution in [0.4, 0.5) is 4.79 Å². The third kappa shape index (κ3) is 0.785. The fourth-order valence-electron chi connectivity index (χ4n) is 1.50. The lowest BCUT2D eigenvalue weighted by Gasteiger charge is -2.09. The van der Waals surface area contributed by atoms with Crippen LogP contribution in [0.2, 0.25) is 0 Å². The number of hydrogen-bond acceptors (Lipinski definition) is 2. The first kappa shape index (κ1) is 6.34. The average molecular weight is 158 g/mol. The van der Waals surface area contributed by atoms with Gasteiger partial charge in [0.05, 0.1) is 12.1 Å². The van der Waals surface area contributed by atoms with Gasteiger partial charge >= 0.3 is 6.03 Å². The molecule has 56 valence electrons. The van der Waals surface area contributed by atoms with Crippen LogP contribution in [0.15, 0.2) is 0 Å². The minimum atomic E-state index is 0.00199. The minimum absolute atomic E-state index is 0.00199. The number of rotatable bonds is 0. The van der Waals surface area contributed by atoms with Crippen LogP contribution in [0.25, 0.3) is 0 Å². The molecule has 0 saturated carbocycles. The van der Waals surface area contributed by atoms with E-state index in [0.29, 0.717) is 17.3 Å². The van der Waals surface area contributed by atoms with Gasteiger partial charge in [-0.2, -0.15) is 11.8 Å². The van der Waals surface area contributed by atoms with Crippen molar-refractivity contribution in [2.24, 2.45) is 0 Å². The van der Waals surface area contributed by atoms with Gasteiger partial charge < -0.3 is 10.6 Å². The molecular formula is C6H10N2OS. The first-order valence-corrected chi connectivity index (χ1v) is 4.51. The highest BCUT2D eigenvalue weighted by Crippen LogP contribution is 2.28. The van der Waals surface area contributed by atoms with Crippen LogP contribution < -0.4 is 10.6 Å². The summed E-state index contributed by atoms with van der Waals surface area (Å²) in [4.78, 5) is 10.8. The lowest BCUT2D eigenvalue weighted by molar-refractivity contribution is 0.247. The molecule has 2 amide bonds. The quantitative estimate of drug-likeness (QED) is 0.493. The molecule has 2 fully saturated rings. The molecule has 2 aliphatic heterocycles. The van der Waals surface area contributed by atoms with Crippen molar-refractivity contribution in [3.05, 3.63) is 0 Å². The molecule has 0 aromatic rings. The van der Waals surface area contributed by atoms with Crippen molar-refractivity contribution in [1.82, 2.24) is 10.6 Å². The summed E-state index contributed by atoms with van der Waals surface area (Å²) in [7, 11) is 0. The van der Waals surface area contributed by atoms with Gasteiger partial charge in [-0.15, -0.1) is 0 Å². The standard InChI is InChI=1S/C6H10N2OS/c1-3-5-4(2-10-3)7-6(9)8-5/h3-5H,2H2,1H3,(H2,7,8,9)/t3?,4-,5+/m0/s1. The summed E-state index contributed by atoms with van der Waals surface area (Å²) < 4.78 is 0. The molecule has 0 bridgehead atoms. The first-order chi connectivity index (χ1) is 4.77. The van der Waals surface area contributed by atoms with Crippen molar-refractivity contribution < 1.29 is 4.79 Å². The predicted molar refractivity (Wildman–Crippen MR) is 41.2 cm³/mol. The maximum absolute atomic E-state index is 10.8. The molecule has 2 rings (SSSR count). The number of nitrogens with one attached hydrogen (secondary N) is 2. The van der Waals surface area contributed by atoms with Gasteiger partial charge in [-0.05, 0) is 0 Å². The number of carbonyl (C=O) groups is 1. The predicted octanol–water partition coefficient (Wildman–Crippen LogP) is 0.172. The lowest BCUT2D eigenvalue weighted by atomic mass is 10.1. The Kier molecular flexibility index (Phi) is 1.30. The monoisotopic (exact) mass is 158 g/mol. The van der Waals surface area contributed by atoms with E-state index in [0.717, 1.165) is 5.75 Å². The van der Waals surface area contributed by atoms with Gasteiger partial charge in [-0.1, -0.05) is 6.92 Å². The summed E-state index contributed by atoms with van der Waals surface area (Å²) in [6.45, 7) is 2.16. The van der Waals surface area contributed by atoms with E-state index in [1.807, 2.05) is 11.8 Å². The molecule has 0 aromatic carbocycles. The molecule has 2 aliphatic rings. The third-order valence-corrected chi connectivity index (χ3v) is 3.46. The van der Waals surface area contributed by atoms with E-state index >= 15 is 0 Å². The molecule has 2 saturated heterocycles. The summed E-state index contributed by atoms with van der Waals surface area (Å²) >= 11 is 1.91. The molecule has 0 radical (unpaired) electrons. The second-order valence-electron chi connectivity index (χ2n) is 2.79. The van der Waals surface area contributed by atoms with Crippen molar-refractivity contribution in [2.75, 3.05) is 5.75 Å². The molecule has 3 atom stereocenters. The number of amides is 2. The van der Waals surface area contributed by atoms with Crippen molar-refractivity contribution in [2.45, 2.75) is 24.3 Å². The summed E-state index contributed by atoms with van der Waals surface area (Å²) in [5.74, 6) is 1.06. The highest BCUT2D eigenvalue weighted by Gasteiger charge is 2.40. The van der Waals surface area contributed by atoms with E-state index in [1.54, 1.807) is 0 Å². The second kappa shape index (κ2) is 2.05. The van der Waals surface area contributed by atoms with Gasteiger partial charge in [-0.3, -0.25) is 0 Å². The Hall–Kier alpha value is -0.380. The second-order valence-corrected chi connectivity index (χ2v) is 4.20. The van der Waals surface area contributed by atoms with Crippen LogP contribution in [0.3, 0.4) is 0 Å². The fourth-order valence-corrected chi connectivity index (χ4v) is 2.77. The van der Waals surface area contributed by atoms with Gasteiger partial charge in [0.15, 0.2) is 0 Å². The lowest BCUT2D eigenvalue weighted by Crippen LogP contribution is -2.35. The van der Waals surface area contributed by atoms with Gasteiger partial charge in [0.2, 0.25) is 0 Å². The minimum Gasteiger partial charge on any atom is -0.332 e. The van der Waals surface area contributed by atoms with Gasteiger partial charge in [0, 0.05) is 11.0 Å². The molecule has 0 aromatic heterocycles. The van der Waals surface area contributed by atoms with E-state index in [4.69, 9.17) is 0 Å². The Labute approximate surface area is 63.9 Å². The molecule has 2 heterocycles. The van der Waals surface area contributed by atoms with Crippen LogP contribution in [0, 0.1) is 0 Å². The summed E-state index contributed by atoms with van der Waals surface area (Å²) in [5, 5.41) is 6.34.